The zero-order valence-electron chi connectivity index (χ0n) is 25.3. The molecule has 236 valence electrons. The van der Waals surface area contributed by atoms with E-state index in [-0.39, 0.29) is 39.5 Å². The highest BCUT2D eigenvalue weighted by Gasteiger charge is 2.34. The third-order valence-electron chi connectivity index (χ3n) is 7.28. The van der Waals surface area contributed by atoms with Gasteiger partial charge in [-0.2, -0.15) is 0 Å². The smallest absolute Gasteiger partial charge is 0.264 e. The van der Waals surface area contributed by atoms with E-state index in [0.717, 1.165) is 33.8 Å². The third kappa shape index (κ3) is 9.33. The van der Waals surface area contributed by atoms with Gasteiger partial charge in [-0.25, -0.2) is 8.42 Å². The van der Waals surface area contributed by atoms with E-state index < -0.39 is 28.5 Å². The van der Waals surface area contributed by atoms with Crippen molar-refractivity contribution in [3.8, 4) is 0 Å². The Hall–Kier alpha value is -3.85. The second-order valence-corrected chi connectivity index (χ2v) is 13.5. The van der Waals surface area contributed by atoms with Gasteiger partial charge in [0.05, 0.1) is 10.6 Å². The number of anilines is 1. The molecule has 0 radical (unpaired) electrons. The lowest BCUT2D eigenvalue weighted by molar-refractivity contribution is -0.140. The molecule has 0 aliphatic heterocycles. The maximum absolute atomic E-state index is 14.5. The van der Waals surface area contributed by atoms with E-state index in [1.54, 1.807) is 18.2 Å². The highest BCUT2D eigenvalue weighted by Crippen LogP contribution is 2.30. The number of hydrogen-bond acceptors (Lipinski definition) is 4. The summed E-state index contributed by atoms with van der Waals surface area (Å²) in [7, 11) is -4.25. The molecule has 0 aromatic heterocycles. The van der Waals surface area contributed by atoms with Crippen LogP contribution in [0, 0.1) is 6.92 Å². The summed E-state index contributed by atoms with van der Waals surface area (Å²) in [5.41, 5.74) is 2.80. The molecule has 0 aliphatic rings. The molecule has 0 aliphatic carbocycles. The molecule has 4 aromatic carbocycles. The predicted octanol–water partition coefficient (Wildman–Crippen LogP) is 7.05. The molecule has 7 nitrogen and oxygen atoms in total. The second-order valence-electron chi connectivity index (χ2n) is 10.8. The Morgan fingerprint density at radius 2 is 1.44 bits per heavy atom. The molecular weight excluding hydrogens is 629 g/mol. The molecule has 0 fully saturated rings. The lowest BCUT2D eigenvalue weighted by atomic mass is 10.0. The first-order valence-electron chi connectivity index (χ1n) is 14.8. The van der Waals surface area contributed by atoms with Crippen molar-refractivity contribution >= 4 is 50.7 Å². The number of carbonyl (C=O) groups excluding carboxylic acids is 2. The fraction of sp³-hybridized carbons (Fsp3) is 0.257. The van der Waals surface area contributed by atoms with Crippen molar-refractivity contribution < 1.29 is 18.0 Å². The summed E-state index contributed by atoms with van der Waals surface area (Å²) >= 11 is 12.6. The quantitative estimate of drug-likeness (QED) is 0.146. The van der Waals surface area contributed by atoms with Crippen LogP contribution in [0.4, 0.5) is 5.69 Å². The third-order valence-corrected chi connectivity index (χ3v) is 9.51. The van der Waals surface area contributed by atoms with Crippen molar-refractivity contribution in [3.63, 3.8) is 0 Å². The van der Waals surface area contributed by atoms with E-state index in [1.807, 2.05) is 68.4 Å². The Kier molecular flexibility index (Phi) is 12.0. The van der Waals surface area contributed by atoms with Crippen molar-refractivity contribution in [3.05, 3.63) is 130 Å². The molecule has 0 spiro atoms. The van der Waals surface area contributed by atoms with Gasteiger partial charge in [0.15, 0.2) is 0 Å². The van der Waals surface area contributed by atoms with E-state index in [0.29, 0.717) is 6.54 Å². The van der Waals surface area contributed by atoms with Gasteiger partial charge in [0, 0.05) is 29.6 Å². The van der Waals surface area contributed by atoms with Crippen molar-refractivity contribution in [2.75, 3.05) is 17.4 Å². The normalized spacial score (nSPS) is 11.9. The number of benzene rings is 4. The number of sulfonamides is 1. The first-order chi connectivity index (χ1) is 21.6. The van der Waals surface area contributed by atoms with Gasteiger partial charge >= 0.3 is 0 Å². The number of halogens is 2. The summed E-state index contributed by atoms with van der Waals surface area (Å²) in [6.45, 7) is 3.95. The van der Waals surface area contributed by atoms with Crippen molar-refractivity contribution in [2.24, 2.45) is 0 Å². The number of nitrogens with zero attached hydrogens (tertiary/aromatic N) is 2. The number of nitrogens with one attached hydrogen (secondary N) is 1. The van der Waals surface area contributed by atoms with E-state index in [1.165, 1.54) is 35.2 Å². The average molecular weight is 667 g/mol. The number of hydrogen-bond donors (Lipinski definition) is 1. The van der Waals surface area contributed by atoms with Crippen LogP contribution in [0.25, 0.3) is 0 Å². The minimum absolute atomic E-state index is 0.00252. The van der Waals surface area contributed by atoms with E-state index in [4.69, 9.17) is 23.2 Å². The van der Waals surface area contributed by atoms with E-state index in [2.05, 4.69) is 5.32 Å². The van der Waals surface area contributed by atoms with Crippen molar-refractivity contribution in [1.29, 1.82) is 0 Å². The zero-order valence-corrected chi connectivity index (χ0v) is 27.7. The zero-order chi connectivity index (χ0) is 32.4. The molecule has 4 aromatic rings. The van der Waals surface area contributed by atoms with Crippen LogP contribution >= 0.6 is 23.2 Å². The van der Waals surface area contributed by atoms with Gasteiger partial charge in [-0.05, 0) is 54.8 Å². The Morgan fingerprint density at radius 1 is 0.822 bits per heavy atom. The highest BCUT2D eigenvalue weighted by molar-refractivity contribution is 7.92. The van der Waals surface area contributed by atoms with Gasteiger partial charge in [-0.15, -0.1) is 0 Å². The molecule has 45 heavy (non-hydrogen) atoms. The SMILES string of the molecule is CCCCNC(=O)[C@@H](Cc1ccccc1)N(Cc1cccc(C)c1)C(=O)CN(c1cc(Cl)cc(Cl)c1)S(=O)(=O)c1ccccc1. The summed E-state index contributed by atoms with van der Waals surface area (Å²) in [6.07, 6.45) is 1.92. The minimum atomic E-state index is -4.25. The van der Waals surface area contributed by atoms with Crippen LogP contribution < -0.4 is 9.62 Å². The highest BCUT2D eigenvalue weighted by atomic mass is 35.5. The van der Waals surface area contributed by atoms with Crippen LogP contribution in [0.2, 0.25) is 10.0 Å². The fourth-order valence-electron chi connectivity index (χ4n) is 5.00. The van der Waals surface area contributed by atoms with E-state index in [9.17, 15) is 18.0 Å². The van der Waals surface area contributed by atoms with Crippen LogP contribution in [0.15, 0.2) is 108 Å². The largest absolute Gasteiger partial charge is 0.354 e. The first-order valence-corrected chi connectivity index (χ1v) is 17.0. The van der Waals surface area contributed by atoms with Crippen LogP contribution in [0.5, 0.6) is 0 Å². The number of aryl methyl sites for hydroxylation is 1. The van der Waals surface area contributed by atoms with Crippen LogP contribution in [0.3, 0.4) is 0 Å². The molecule has 4 rings (SSSR count). The maximum atomic E-state index is 14.5. The molecule has 10 heteroatoms. The lowest BCUT2D eigenvalue weighted by Crippen LogP contribution is -2.53. The number of unbranched alkanes of at least 4 members (excludes halogenated alkanes) is 1. The summed E-state index contributed by atoms with van der Waals surface area (Å²) in [5, 5.41) is 3.42. The van der Waals surface area contributed by atoms with Crippen molar-refractivity contribution in [2.45, 2.75) is 50.6 Å². The predicted molar refractivity (Wildman–Crippen MR) is 181 cm³/mol. The Morgan fingerprint density at radius 3 is 2.07 bits per heavy atom. The molecule has 1 N–H and O–H groups in total. The summed E-state index contributed by atoms with van der Waals surface area (Å²) in [6, 6.07) is 28.5. The second kappa shape index (κ2) is 15.9. The average Bonchev–Trinajstić information content (AvgIpc) is 3.02. The monoisotopic (exact) mass is 665 g/mol. The molecule has 0 saturated heterocycles. The van der Waals surface area contributed by atoms with Crippen LogP contribution in [0.1, 0.15) is 36.5 Å². The van der Waals surface area contributed by atoms with Gasteiger partial charge in [0.1, 0.15) is 12.6 Å². The van der Waals surface area contributed by atoms with Gasteiger partial charge in [-0.1, -0.05) is 115 Å². The van der Waals surface area contributed by atoms with Crippen LogP contribution in [-0.2, 0) is 32.6 Å². The van der Waals surface area contributed by atoms with Gasteiger partial charge in [-0.3, -0.25) is 13.9 Å². The Balaban J connectivity index is 1.81. The van der Waals surface area contributed by atoms with Gasteiger partial charge in [0.2, 0.25) is 11.8 Å². The summed E-state index contributed by atoms with van der Waals surface area (Å²) in [5.74, 6) is -0.866. The molecule has 0 saturated carbocycles. The lowest BCUT2D eigenvalue weighted by Gasteiger charge is -2.34. The number of carbonyl (C=O) groups is 2. The fourth-order valence-corrected chi connectivity index (χ4v) is 6.93. The molecule has 0 bridgehead atoms. The number of amides is 2. The number of rotatable bonds is 14. The van der Waals surface area contributed by atoms with Gasteiger partial charge < -0.3 is 10.2 Å². The Labute approximate surface area is 275 Å². The summed E-state index contributed by atoms with van der Waals surface area (Å²) in [4.78, 5) is 29.8. The standard InChI is InChI=1S/C35H37Cl2N3O4S/c1-3-4-18-38-35(42)33(20-27-13-7-5-8-14-27)39(24-28-15-11-12-26(2)19-28)34(41)25-40(31-22-29(36)21-30(37)23-31)45(43,44)32-16-9-6-10-17-32/h5-17,19,21-23,33H,3-4,18,20,24-25H2,1-2H3,(H,38,42)/t33-/m1/s1. The topological polar surface area (TPSA) is 86.8 Å². The molecule has 1 atom stereocenters. The molecule has 0 heterocycles. The molecule has 2 amide bonds. The Bertz CT molecular complexity index is 1680. The molecular formula is C35H37Cl2N3O4S. The van der Waals surface area contributed by atoms with E-state index >= 15 is 0 Å². The van der Waals surface area contributed by atoms with Crippen LogP contribution in [-0.4, -0.2) is 44.3 Å². The first kappa shape index (κ1) is 34.0. The minimum Gasteiger partial charge on any atom is -0.354 e. The maximum Gasteiger partial charge on any atom is 0.264 e. The molecule has 0 unspecified atom stereocenters. The van der Waals surface area contributed by atoms with Gasteiger partial charge in [0.25, 0.3) is 10.0 Å². The van der Waals surface area contributed by atoms with Crippen molar-refractivity contribution in [1.82, 2.24) is 10.2 Å². The summed E-state index contributed by atoms with van der Waals surface area (Å²) < 4.78 is 29.2.